The van der Waals surface area contributed by atoms with Gasteiger partial charge in [0.1, 0.15) is 5.75 Å². The van der Waals surface area contributed by atoms with Crippen LogP contribution in [0.15, 0.2) is 36.4 Å². The highest BCUT2D eigenvalue weighted by Gasteiger charge is 2.17. The minimum absolute atomic E-state index is 0.343. The van der Waals surface area contributed by atoms with Gasteiger partial charge in [0.2, 0.25) is 0 Å². The van der Waals surface area contributed by atoms with Crippen molar-refractivity contribution in [2.45, 2.75) is 25.7 Å². The van der Waals surface area contributed by atoms with Gasteiger partial charge in [0.05, 0.1) is 0 Å². The zero-order chi connectivity index (χ0) is 12.5. The summed E-state index contributed by atoms with van der Waals surface area (Å²) in [7, 11) is 0. The van der Waals surface area contributed by atoms with Gasteiger partial charge < -0.3 is 10.8 Å². The summed E-state index contributed by atoms with van der Waals surface area (Å²) in [4.78, 5) is 0. The Balaban J connectivity index is 2.22. The zero-order valence-electron chi connectivity index (χ0n) is 10.3. The summed E-state index contributed by atoms with van der Waals surface area (Å²) in [6.45, 7) is 0. The molecule has 1 aliphatic carbocycles. The Morgan fingerprint density at radius 1 is 0.833 bits per heavy atom. The fraction of sp³-hybridized carbons (Fsp3) is 0.250. The standard InChI is InChI=1S/C16H17NO/c17-15-10-9-12(11-5-1-2-6-13(11)15)14-7-3-4-8-16(14)18/h3-4,7-10,18H,1-2,5-6,17H2. The molecule has 0 saturated carbocycles. The molecule has 0 bridgehead atoms. The molecule has 0 heterocycles. The number of hydrogen-bond acceptors (Lipinski definition) is 2. The van der Waals surface area contributed by atoms with Crippen LogP contribution in [-0.2, 0) is 12.8 Å². The van der Waals surface area contributed by atoms with E-state index in [2.05, 4.69) is 0 Å². The molecular weight excluding hydrogens is 222 g/mol. The number of phenolic OH excluding ortho intramolecular Hbond substituents is 1. The van der Waals surface area contributed by atoms with Crippen LogP contribution >= 0.6 is 0 Å². The summed E-state index contributed by atoms with van der Waals surface area (Å²) in [5.74, 6) is 0.343. The van der Waals surface area contributed by atoms with Gasteiger partial charge in [0.15, 0.2) is 0 Å². The Morgan fingerprint density at radius 3 is 2.33 bits per heavy atom. The minimum Gasteiger partial charge on any atom is -0.507 e. The molecule has 0 saturated heterocycles. The van der Waals surface area contributed by atoms with Crippen molar-refractivity contribution in [1.29, 1.82) is 0 Å². The summed E-state index contributed by atoms with van der Waals surface area (Å²) in [5.41, 5.74) is 11.6. The number of nitrogens with two attached hydrogens (primary N) is 1. The molecule has 2 aromatic carbocycles. The maximum absolute atomic E-state index is 10.0. The number of phenols is 1. The van der Waals surface area contributed by atoms with E-state index in [1.807, 2.05) is 30.3 Å². The van der Waals surface area contributed by atoms with Crippen LogP contribution in [0, 0.1) is 0 Å². The number of benzene rings is 2. The highest BCUT2D eigenvalue weighted by molar-refractivity contribution is 5.77. The average Bonchev–Trinajstić information content (AvgIpc) is 2.41. The largest absolute Gasteiger partial charge is 0.507 e. The smallest absolute Gasteiger partial charge is 0.123 e. The molecule has 0 fully saturated rings. The predicted octanol–water partition coefficient (Wildman–Crippen LogP) is 3.52. The first-order valence-corrected chi connectivity index (χ1v) is 6.46. The highest BCUT2D eigenvalue weighted by Crippen LogP contribution is 2.37. The molecule has 0 aromatic heterocycles. The number of rotatable bonds is 1. The molecule has 0 unspecified atom stereocenters. The first-order chi connectivity index (χ1) is 8.77. The fourth-order valence-electron chi connectivity index (χ4n) is 2.85. The maximum atomic E-state index is 10.0. The molecule has 2 nitrogen and oxygen atoms in total. The van der Waals surface area contributed by atoms with Gasteiger partial charge in [-0.05, 0) is 54.5 Å². The zero-order valence-corrected chi connectivity index (χ0v) is 10.3. The number of aromatic hydroxyl groups is 1. The number of hydrogen-bond donors (Lipinski definition) is 2. The second-order valence-corrected chi connectivity index (χ2v) is 4.88. The van der Waals surface area contributed by atoms with Gasteiger partial charge in [-0.15, -0.1) is 0 Å². The SMILES string of the molecule is Nc1ccc(-c2ccccc2O)c2c1CCCC2. The Kier molecular flexibility index (Phi) is 2.71. The quantitative estimate of drug-likeness (QED) is 0.748. The van der Waals surface area contributed by atoms with Gasteiger partial charge >= 0.3 is 0 Å². The summed E-state index contributed by atoms with van der Waals surface area (Å²) in [6, 6.07) is 11.5. The first-order valence-electron chi connectivity index (χ1n) is 6.46. The van der Waals surface area contributed by atoms with E-state index in [0.717, 1.165) is 29.7 Å². The molecule has 1 aliphatic rings. The van der Waals surface area contributed by atoms with Crippen LogP contribution in [0.3, 0.4) is 0 Å². The topological polar surface area (TPSA) is 46.2 Å². The molecule has 2 heteroatoms. The van der Waals surface area contributed by atoms with Gasteiger partial charge in [-0.2, -0.15) is 0 Å². The molecule has 0 aliphatic heterocycles. The minimum atomic E-state index is 0.343. The molecule has 0 atom stereocenters. The van der Waals surface area contributed by atoms with E-state index in [1.54, 1.807) is 6.07 Å². The first kappa shape index (κ1) is 11.1. The van der Waals surface area contributed by atoms with E-state index >= 15 is 0 Å². The van der Waals surface area contributed by atoms with Crippen LogP contribution in [0.5, 0.6) is 5.75 Å². The van der Waals surface area contributed by atoms with E-state index < -0.39 is 0 Å². The van der Waals surface area contributed by atoms with Crippen molar-refractivity contribution in [3.63, 3.8) is 0 Å². The second-order valence-electron chi connectivity index (χ2n) is 4.88. The lowest BCUT2D eigenvalue weighted by Gasteiger charge is -2.21. The van der Waals surface area contributed by atoms with Gasteiger partial charge in [-0.25, -0.2) is 0 Å². The van der Waals surface area contributed by atoms with E-state index in [0.29, 0.717) is 5.75 Å². The summed E-state index contributed by atoms with van der Waals surface area (Å²) < 4.78 is 0. The fourth-order valence-corrected chi connectivity index (χ4v) is 2.85. The average molecular weight is 239 g/mol. The summed E-state index contributed by atoms with van der Waals surface area (Å²) in [5, 5.41) is 10.0. The number of para-hydroxylation sites is 1. The van der Waals surface area contributed by atoms with Crippen molar-refractivity contribution in [3.8, 4) is 16.9 Å². The van der Waals surface area contributed by atoms with Crippen LogP contribution in [-0.4, -0.2) is 5.11 Å². The van der Waals surface area contributed by atoms with E-state index in [4.69, 9.17) is 5.73 Å². The summed E-state index contributed by atoms with van der Waals surface area (Å²) >= 11 is 0. The third kappa shape index (κ3) is 1.74. The van der Waals surface area contributed by atoms with Crippen LogP contribution in [0.4, 0.5) is 5.69 Å². The molecule has 18 heavy (non-hydrogen) atoms. The second kappa shape index (κ2) is 4.37. The van der Waals surface area contributed by atoms with Crippen molar-refractivity contribution in [1.82, 2.24) is 0 Å². The Hall–Kier alpha value is -1.96. The molecule has 92 valence electrons. The van der Waals surface area contributed by atoms with E-state index in [1.165, 1.54) is 24.0 Å². The lowest BCUT2D eigenvalue weighted by molar-refractivity contribution is 0.477. The predicted molar refractivity (Wildman–Crippen MR) is 74.6 cm³/mol. The molecule has 2 aromatic rings. The lowest BCUT2D eigenvalue weighted by atomic mass is 9.85. The van der Waals surface area contributed by atoms with E-state index in [9.17, 15) is 5.11 Å². The van der Waals surface area contributed by atoms with Crippen LogP contribution in [0.25, 0.3) is 11.1 Å². The van der Waals surface area contributed by atoms with Crippen molar-refractivity contribution >= 4 is 5.69 Å². The Labute approximate surface area is 107 Å². The lowest BCUT2D eigenvalue weighted by Crippen LogP contribution is -2.08. The van der Waals surface area contributed by atoms with Crippen LogP contribution in [0.1, 0.15) is 24.0 Å². The van der Waals surface area contributed by atoms with Gasteiger partial charge in [0, 0.05) is 11.3 Å². The molecule has 3 N–H and O–H groups in total. The van der Waals surface area contributed by atoms with Crippen molar-refractivity contribution in [2.75, 3.05) is 5.73 Å². The molecule has 0 spiro atoms. The van der Waals surface area contributed by atoms with Crippen molar-refractivity contribution < 1.29 is 5.11 Å². The van der Waals surface area contributed by atoms with Gasteiger partial charge in [-0.1, -0.05) is 24.3 Å². The van der Waals surface area contributed by atoms with Crippen LogP contribution < -0.4 is 5.73 Å². The third-order valence-corrected chi connectivity index (χ3v) is 3.77. The van der Waals surface area contributed by atoms with Crippen molar-refractivity contribution in [3.05, 3.63) is 47.5 Å². The maximum Gasteiger partial charge on any atom is 0.123 e. The van der Waals surface area contributed by atoms with Crippen LogP contribution in [0.2, 0.25) is 0 Å². The monoisotopic (exact) mass is 239 g/mol. The van der Waals surface area contributed by atoms with Gasteiger partial charge in [0.25, 0.3) is 0 Å². The number of fused-ring (bicyclic) bond motifs is 1. The Morgan fingerprint density at radius 2 is 1.56 bits per heavy atom. The Bertz CT molecular complexity index is 590. The number of nitrogen functional groups attached to an aromatic ring is 1. The third-order valence-electron chi connectivity index (χ3n) is 3.77. The number of anilines is 1. The molecule has 0 amide bonds. The van der Waals surface area contributed by atoms with E-state index in [-0.39, 0.29) is 0 Å². The normalized spacial score (nSPS) is 14.2. The van der Waals surface area contributed by atoms with Gasteiger partial charge in [-0.3, -0.25) is 0 Å². The highest BCUT2D eigenvalue weighted by atomic mass is 16.3. The summed E-state index contributed by atoms with van der Waals surface area (Å²) in [6.07, 6.45) is 4.53. The van der Waals surface area contributed by atoms with Crippen molar-refractivity contribution in [2.24, 2.45) is 0 Å². The molecular formula is C16H17NO. The molecule has 3 rings (SSSR count). The molecule has 0 radical (unpaired) electrons.